The van der Waals surface area contributed by atoms with E-state index in [-0.39, 0.29) is 0 Å². The molecule has 1 atom stereocenters. The first-order chi connectivity index (χ1) is 7.25. The van der Waals surface area contributed by atoms with E-state index < -0.39 is 0 Å². The molecular formula is C12H16BrNO. The van der Waals surface area contributed by atoms with Crippen LogP contribution in [0.15, 0.2) is 22.7 Å². The van der Waals surface area contributed by atoms with Crippen molar-refractivity contribution in [3.63, 3.8) is 0 Å². The number of ether oxygens (including phenoxy) is 1. The molecule has 1 aromatic rings. The van der Waals surface area contributed by atoms with E-state index in [9.17, 15) is 0 Å². The summed E-state index contributed by atoms with van der Waals surface area (Å²) in [6, 6.07) is 6.84. The molecule has 0 radical (unpaired) electrons. The average Bonchev–Trinajstić information content (AvgIpc) is 2.25. The minimum atomic E-state index is 0.466. The summed E-state index contributed by atoms with van der Waals surface area (Å²) in [6.45, 7) is 3.83. The van der Waals surface area contributed by atoms with Gasteiger partial charge in [-0.1, -0.05) is 22.0 Å². The van der Waals surface area contributed by atoms with Crippen LogP contribution in [0.1, 0.15) is 18.4 Å². The van der Waals surface area contributed by atoms with E-state index in [0.717, 1.165) is 24.1 Å². The van der Waals surface area contributed by atoms with E-state index in [0.29, 0.717) is 6.04 Å². The summed E-state index contributed by atoms with van der Waals surface area (Å²) < 4.78 is 6.59. The second-order valence-corrected chi connectivity index (χ2v) is 4.88. The highest BCUT2D eigenvalue weighted by molar-refractivity contribution is 9.10. The number of benzene rings is 1. The van der Waals surface area contributed by atoms with Crippen LogP contribution in [0.3, 0.4) is 0 Å². The summed E-state index contributed by atoms with van der Waals surface area (Å²) in [4.78, 5) is 0. The number of hydrogen-bond acceptors (Lipinski definition) is 2. The summed E-state index contributed by atoms with van der Waals surface area (Å²) in [5.74, 6) is 0. The van der Waals surface area contributed by atoms with Gasteiger partial charge in [0, 0.05) is 22.8 Å². The van der Waals surface area contributed by atoms with Crippen molar-refractivity contribution in [3.8, 4) is 0 Å². The fraction of sp³-hybridized carbons (Fsp3) is 0.500. The molecule has 1 aliphatic heterocycles. The van der Waals surface area contributed by atoms with Gasteiger partial charge in [0.2, 0.25) is 0 Å². The molecule has 15 heavy (non-hydrogen) atoms. The predicted octanol–water partition coefficient (Wildman–Crippen LogP) is 3.35. The lowest BCUT2D eigenvalue weighted by Gasteiger charge is -2.24. The average molecular weight is 270 g/mol. The molecule has 3 heteroatoms. The molecule has 2 rings (SSSR count). The highest BCUT2D eigenvalue weighted by Gasteiger charge is 2.13. The fourth-order valence-electron chi connectivity index (χ4n) is 1.77. The van der Waals surface area contributed by atoms with E-state index in [1.807, 2.05) is 0 Å². The van der Waals surface area contributed by atoms with Crippen LogP contribution in [-0.4, -0.2) is 19.3 Å². The maximum absolute atomic E-state index is 5.43. The van der Waals surface area contributed by atoms with E-state index in [1.54, 1.807) is 0 Å². The van der Waals surface area contributed by atoms with Crippen LogP contribution >= 0.6 is 15.9 Å². The Morgan fingerprint density at radius 2 is 2.33 bits per heavy atom. The normalized spacial score (nSPS) is 21.3. The van der Waals surface area contributed by atoms with Crippen molar-refractivity contribution in [1.29, 1.82) is 0 Å². The highest BCUT2D eigenvalue weighted by atomic mass is 79.9. The molecule has 0 aliphatic carbocycles. The van der Waals surface area contributed by atoms with Crippen molar-refractivity contribution in [1.82, 2.24) is 0 Å². The molecule has 1 aromatic carbocycles. The van der Waals surface area contributed by atoms with Gasteiger partial charge in [-0.25, -0.2) is 0 Å². The van der Waals surface area contributed by atoms with Crippen molar-refractivity contribution in [2.45, 2.75) is 25.8 Å². The second-order valence-electron chi connectivity index (χ2n) is 4.02. The molecule has 0 amide bonds. The minimum absolute atomic E-state index is 0.466. The van der Waals surface area contributed by atoms with Crippen LogP contribution < -0.4 is 5.32 Å². The lowest BCUT2D eigenvalue weighted by atomic mass is 10.1. The molecule has 82 valence electrons. The number of aryl methyl sites for hydroxylation is 1. The zero-order chi connectivity index (χ0) is 10.7. The lowest BCUT2D eigenvalue weighted by molar-refractivity contribution is 0.0876. The van der Waals surface area contributed by atoms with Gasteiger partial charge in [-0.3, -0.25) is 0 Å². The third-order valence-electron chi connectivity index (χ3n) is 2.70. The largest absolute Gasteiger partial charge is 0.380 e. The summed E-state index contributed by atoms with van der Waals surface area (Å²) in [5.41, 5.74) is 2.43. The van der Waals surface area contributed by atoms with Crippen LogP contribution in [-0.2, 0) is 4.74 Å². The van der Waals surface area contributed by atoms with Crippen LogP contribution in [0.25, 0.3) is 0 Å². The first-order valence-electron chi connectivity index (χ1n) is 5.36. The zero-order valence-electron chi connectivity index (χ0n) is 8.92. The Balaban J connectivity index is 2.00. The molecule has 1 unspecified atom stereocenters. The topological polar surface area (TPSA) is 21.3 Å². The number of rotatable bonds is 2. The molecule has 2 nitrogen and oxygen atoms in total. The minimum Gasteiger partial charge on any atom is -0.380 e. The summed E-state index contributed by atoms with van der Waals surface area (Å²) in [7, 11) is 0. The van der Waals surface area contributed by atoms with Crippen molar-refractivity contribution < 1.29 is 4.74 Å². The first kappa shape index (κ1) is 11.0. The third kappa shape index (κ3) is 2.95. The lowest BCUT2D eigenvalue weighted by Crippen LogP contribution is -2.29. The molecule has 0 spiro atoms. The third-order valence-corrected chi connectivity index (χ3v) is 3.56. The van der Waals surface area contributed by atoms with Gasteiger partial charge in [-0.05, 0) is 37.5 Å². The van der Waals surface area contributed by atoms with E-state index in [1.165, 1.54) is 17.7 Å². The molecule has 0 aromatic heterocycles. The van der Waals surface area contributed by atoms with E-state index in [4.69, 9.17) is 4.74 Å². The molecule has 0 bridgehead atoms. The van der Waals surface area contributed by atoms with Crippen molar-refractivity contribution in [2.75, 3.05) is 18.5 Å². The summed E-state index contributed by atoms with van der Waals surface area (Å²) in [6.07, 6.45) is 2.36. The smallest absolute Gasteiger partial charge is 0.0667 e. The number of nitrogens with one attached hydrogen (secondary N) is 1. The molecule has 0 saturated carbocycles. The zero-order valence-corrected chi connectivity index (χ0v) is 10.5. The second kappa shape index (κ2) is 4.99. The molecule has 1 heterocycles. The Hall–Kier alpha value is -0.540. The van der Waals surface area contributed by atoms with Gasteiger partial charge in [-0.2, -0.15) is 0 Å². The Bertz CT molecular complexity index is 334. The van der Waals surface area contributed by atoms with Gasteiger partial charge >= 0.3 is 0 Å². The standard InChI is InChI=1S/C12H16BrNO/c1-9-4-5-10(7-12(9)13)14-11-3-2-6-15-8-11/h4-5,7,11,14H,2-3,6,8H2,1H3. The molecule has 1 fully saturated rings. The van der Waals surface area contributed by atoms with Gasteiger partial charge in [0.05, 0.1) is 6.61 Å². The van der Waals surface area contributed by atoms with Crippen LogP contribution in [0.5, 0.6) is 0 Å². The van der Waals surface area contributed by atoms with Gasteiger partial charge in [0.15, 0.2) is 0 Å². The molecule has 1 aliphatic rings. The van der Waals surface area contributed by atoms with E-state index in [2.05, 4.69) is 46.4 Å². The van der Waals surface area contributed by atoms with Crippen molar-refractivity contribution in [3.05, 3.63) is 28.2 Å². The maximum Gasteiger partial charge on any atom is 0.0667 e. The van der Waals surface area contributed by atoms with Gasteiger partial charge < -0.3 is 10.1 Å². The van der Waals surface area contributed by atoms with Crippen LogP contribution in [0, 0.1) is 6.92 Å². The first-order valence-corrected chi connectivity index (χ1v) is 6.15. The summed E-state index contributed by atoms with van der Waals surface area (Å²) >= 11 is 3.54. The van der Waals surface area contributed by atoms with Crippen LogP contribution in [0.4, 0.5) is 5.69 Å². The number of hydrogen-bond donors (Lipinski definition) is 1. The van der Waals surface area contributed by atoms with Gasteiger partial charge in [0.1, 0.15) is 0 Å². The predicted molar refractivity (Wildman–Crippen MR) is 66.3 cm³/mol. The van der Waals surface area contributed by atoms with Gasteiger partial charge in [0.25, 0.3) is 0 Å². The quantitative estimate of drug-likeness (QED) is 0.889. The maximum atomic E-state index is 5.43. The van der Waals surface area contributed by atoms with Gasteiger partial charge in [-0.15, -0.1) is 0 Å². The fourth-order valence-corrected chi connectivity index (χ4v) is 2.15. The SMILES string of the molecule is Cc1ccc(NC2CCCOC2)cc1Br. The Labute approximate surface area is 99.1 Å². The Kier molecular flexibility index (Phi) is 3.65. The molecule has 1 N–H and O–H groups in total. The Morgan fingerprint density at radius 1 is 1.47 bits per heavy atom. The highest BCUT2D eigenvalue weighted by Crippen LogP contribution is 2.22. The Morgan fingerprint density at radius 3 is 3.00 bits per heavy atom. The van der Waals surface area contributed by atoms with Crippen molar-refractivity contribution in [2.24, 2.45) is 0 Å². The van der Waals surface area contributed by atoms with Crippen LogP contribution in [0.2, 0.25) is 0 Å². The van der Waals surface area contributed by atoms with E-state index >= 15 is 0 Å². The number of halogens is 1. The summed E-state index contributed by atoms with van der Waals surface area (Å²) in [5, 5.41) is 3.49. The molecular weight excluding hydrogens is 254 g/mol. The monoisotopic (exact) mass is 269 g/mol. The number of anilines is 1. The molecule has 1 saturated heterocycles. The van der Waals surface area contributed by atoms with Crippen molar-refractivity contribution >= 4 is 21.6 Å².